The summed E-state index contributed by atoms with van der Waals surface area (Å²) in [5, 5.41) is 0. The molecule has 0 saturated heterocycles. The Morgan fingerprint density at radius 3 is 2.57 bits per heavy atom. The summed E-state index contributed by atoms with van der Waals surface area (Å²) in [6.07, 6.45) is 5.64. The highest BCUT2D eigenvalue weighted by Crippen LogP contribution is 2.29. The highest BCUT2D eigenvalue weighted by Gasteiger charge is 2.32. The molecule has 1 amide bonds. The van der Waals surface area contributed by atoms with Gasteiger partial charge in [0, 0.05) is 25.0 Å². The molecule has 1 aromatic heterocycles. The van der Waals surface area contributed by atoms with Gasteiger partial charge in [-0.1, -0.05) is 18.2 Å². The van der Waals surface area contributed by atoms with Gasteiger partial charge in [0.15, 0.2) is 0 Å². The second kappa shape index (κ2) is 6.04. The van der Waals surface area contributed by atoms with Crippen LogP contribution in [0.3, 0.4) is 0 Å². The Kier molecular flexibility index (Phi) is 3.95. The van der Waals surface area contributed by atoms with Crippen LogP contribution in [0, 0.1) is 5.82 Å². The van der Waals surface area contributed by atoms with Crippen molar-refractivity contribution in [2.45, 2.75) is 31.8 Å². The summed E-state index contributed by atoms with van der Waals surface area (Å²) in [7, 11) is 0. The molecule has 3 nitrogen and oxygen atoms in total. The molecule has 1 fully saturated rings. The Bertz CT molecular complexity index is 626. The zero-order valence-electron chi connectivity index (χ0n) is 11.7. The van der Waals surface area contributed by atoms with E-state index in [4.69, 9.17) is 0 Å². The molecule has 108 valence electrons. The predicted molar refractivity (Wildman–Crippen MR) is 77.9 cm³/mol. The van der Waals surface area contributed by atoms with Crippen molar-refractivity contribution in [2.24, 2.45) is 0 Å². The van der Waals surface area contributed by atoms with E-state index < -0.39 is 0 Å². The van der Waals surface area contributed by atoms with Crippen LogP contribution in [0.2, 0.25) is 0 Å². The van der Waals surface area contributed by atoms with Crippen LogP contribution in [0.15, 0.2) is 48.8 Å². The van der Waals surface area contributed by atoms with E-state index in [1.54, 1.807) is 30.6 Å². The minimum Gasteiger partial charge on any atom is -0.335 e. The number of nitrogens with zero attached hydrogens (tertiary/aromatic N) is 2. The molecule has 4 heteroatoms. The molecular weight excluding hydrogens is 267 g/mol. The van der Waals surface area contributed by atoms with Gasteiger partial charge in [-0.15, -0.1) is 0 Å². The minimum atomic E-state index is -0.314. The van der Waals surface area contributed by atoms with Gasteiger partial charge in [-0.2, -0.15) is 0 Å². The van der Waals surface area contributed by atoms with Gasteiger partial charge in [0.05, 0.1) is 6.42 Å². The summed E-state index contributed by atoms with van der Waals surface area (Å²) in [4.78, 5) is 18.3. The molecule has 0 spiro atoms. The highest BCUT2D eigenvalue weighted by molar-refractivity contribution is 5.79. The van der Waals surface area contributed by atoms with Gasteiger partial charge >= 0.3 is 0 Å². The van der Waals surface area contributed by atoms with Gasteiger partial charge in [-0.05, 0) is 42.2 Å². The Labute approximate surface area is 123 Å². The van der Waals surface area contributed by atoms with Crippen LogP contribution in [-0.4, -0.2) is 21.8 Å². The van der Waals surface area contributed by atoms with E-state index in [2.05, 4.69) is 4.98 Å². The minimum absolute atomic E-state index is 0.0144. The standard InChI is InChI=1S/C17H17FN2O/c18-16-4-2-1-3-14(16)11-17(21)20(15-5-6-15)12-13-7-9-19-10-8-13/h1-4,7-10,15H,5-6,11-12H2. The zero-order chi connectivity index (χ0) is 14.7. The van der Waals surface area contributed by atoms with Crippen molar-refractivity contribution in [3.63, 3.8) is 0 Å². The molecular formula is C17H17FN2O. The highest BCUT2D eigenvalue weighted by atomic mass is 19.1. The Morgan fingerprint density at radius 1 is 1.19 bits per heavy atom. The lowest BCUT2D eigenvalue weighted by Crippen LogP contribution is -2.34. The van der Waals surface area contributed by atoms with E-state index in [0.717, 1.165) is 18.4 Å². The normalized spacial score (nSPS) is 14.0. The number of amides is 1. The van der Waals surface area contributed by atoms with Gasteiger partial charge in [0.2, 0.25) is 5.91 Å². The van der Waals surface area contributed by atoms with E-state index in [0.29, 0.717) is 18.2 Å². The van der Waals surface area contributed by atoms with Crippen LogP contribution in [0.5, 0.6) is 0 Å². The number of rotatable bonds is 5. The third kappa shape index (κ3) is 3.45. The van der Waals surface area contributed by atoms with Crippen molar-refractivity contribution in [1.29, 1.82) is 0 Å². The Morgan fingerprint density at radius 2 is 1.90 bits per heavy atom. The van der Waals surface area contributed by atoms with Crippen LogP contribution in [0.25, 0.3) is 0 Å². The van der Waals surface area contributed by atoms with E-state index in [1.165, 1.54) is 6.07 Å². The molecule has 1 aliphatic carbocycles. The Balaban J connectivity index is 1.72. The van der Waals surface area contributed by atoms with Crippen molar-refractivity contribution in [3.05, 3.63) is 65.7 Å². The molecule has 1 heterocycles. The number of benzene rings is 1. The summed E-state index contributed by atoms with van der Waals surface area (Å²) in [5.74, 6) is -0.329. The fourth-order valence-electron chi connectivity index (χ4n) is 2.40. The molecule has 21 heavy (non-hydrogen) atoms. The average Bonchev–Trinajstić information content (AvgIpc) is 3.33. The first-order valence-corrected chi connectivity index (χ1v) is 7.16. The van der Waals surface area contributed by atoms with Gasteiger partial charge in [-0.25, -0.2) is 4.39 Å². The first kappa shape index (κ1) is 13.7. The molecule has 0 aliphatic heterocycles. The summed E-state index contributed by atoms with van der Waals surface area (Å²) in [5.41, 5.74) is 1.52. The number of carbonyl (C=O) groups is 1. The molecule has 1 aliphatic rings. The molecule has 0 atom stereocenters. The topological polar surface area (TPSA) is 33.2 Å². The summed E-state index contributed by atoms with van der Waals surface area (Å²) < 4.78 is 13.7. The fraction of sp³-hybridized carbons (Fsp3) is 0.294. The maximum absolute atomic E-state index is 13.7. The molecule has 0 radical (unpaired) electrons. The number of carbonyl (C=O) groups excluding carboxylic acids is 1. The van der Waals surface area contributed by atoms with Crippen molar-refractivity contribution in [3.8, 4) is 0 Å². The van der Waals surface area contributed by atoms with E-state index >= 15 is 0 Å². The van der Waals surface area contributed by atoms with Crippen LogP contribution in [0.4, 0.5) is 4.39 Å². The van der Waals surface area contributed by atoms with E-state index in [-0.39, 0.29) is 18.1 Å². The first-order chi connectivity index (χ1) is 10.2. The largest absolute Gasteiger partial charge is 0.335 e. The third-order valence-electron chi connectivity index (χ3n) is 3.71. The summed E-state index contributed by atoms with van der Waals surface area (Å²) in [6.45, 7) is 0.570. The van der Waals surface area contributed by atoms with Gasteiger partial charge < -0.3 is 4.90 Å². The summed E-state index contributed by atoms with van der Waals surface area (Å²) in [6, 6.07) is 10.6. The maximum atomic E-state index is 13.7. The van der Waals surface area contributed by atoms with Crippen LogP contribution < -0.4 is 0 Å². The lowest BCUT2D eigenvalue weighted by Gasteiger charge is -2.22. The molecule has 0 bridgehead atoms. The number of pyridine rings is 1. The summed E-state index contributed by atoms with van der Waals surface area (Å²) >= 11 is 0. The van der Waals surface area contributed by atoms with E-state index in [9.17, 15) is 9.18 Å². The molecule has 0 N–H and O–H groups in total. The van der Waals surface area contributed by atoms with Gasteiger partial charge in [0.1, 0.15) is 5.82 Å². The second-order valence-electron chi connectivity index (χ2n) is 5.38. The number of hydrogen-bond acceptors (Lipinski definition) is 2. The first-order valence-electron chi connectivity index (χ1n) is 7.16. The van der Waals surface area contributed by atoms with Crippen LogP contribution in [-0.2, 0) is 17.8 Å². The quantitative estimate of drug-likeness (QED) is 0.845. The zero-order valence-corrected chi connectivity index (χ0v) is 11.7. The van der Waals surface area contributed by atoms with Gasteiger partial charge in [0.25, 0.3) is 0 Å². The third-order valence-corrected chi connectivity index (χ3v) is 3.71. The average molecular weight is 284 g/mol. The van der Waals surface area contributed by atoms with Crippen molar-refractivity contribution >= 4 is 5.91 Å². The second-order valence-corrected chi connectivity index (χ2v) is 5.38. The molecule has 2 aromatic rings. The lowest BCUT2D eigenvalue weighted by molar-refractivity contribution is -0.131. The fourth-order valence-corrected chi connectivity index (χ4v) is 2.40. The van der Waals surface area contributed by atoms with E-state index in [1.807, 2.05) is 17.0 Å². The SMILES string of the molecule is O=C(Cc1ccccc1F)N(Cc1ccncc1)C1CC1. The monoisotopic (exact) mass is 284 g/mol. The van der Waals surface area contributed by atoms with Crippen molar-refractivity contribution < 1.29 is 9.18 Å². The van der Waals surface area contributed by atoms with Crippen molar-refractivity contribution in [2.75, 3.05) is 0 Å². The number of aromatic nitrogens is 1. The number of halogens is 1. The molecule has 3 rings (SSSR count). The molecule has 0 unspecified atom stereocenters. The Hall–Kier alpha value is -2.23. The molecule has 1 aromatic carbocycles. The number of hydrogen-bond donors (Lipinski definition) is 0. The molecule has 1 saturated carbocycles. The smallest absolute Gasteiger partial charge is 0.227 e. The van der Waals surface area contributed by atoms with Crippen molar-refractivity contribution in [1.82, 2.24) is 9.88 Å². The van der Waals surface area contributed by atoms with Gasteiger partial charge in [-0.3, -0.25) is 9.78 Å². The lowest BCUT2D eigenvalue weighted by atomic mass is 10.1. The van der Waals surface area contributed by atoms with Crippen LogP contribution >= 0.6 is 0 Å². The maximum Gasteiger partial charge on any atom is 0.227 e. The van der Waals surface area contributed by atoms with Crippen LogP contribution in [0.1, 0.15) is 24.0 Å². The predicted octanol–water partition coefficient (Wildman–Crippen LogP) is 2.95.